The molecule has 0 bridgehead atoms. The fraction of sp³-hybridized carbons (Fsp3) is 0.455. The van der Waals surface area contributed by atoms with Crippen LogP contribution < -0.4 is 5.32 Å². The number of hydrogen-bond acceptors (Lipinski definition) is 4. The molecule has 2 heterocycles. The number of halogens is 1. The highest BCUT2D eigenvalue weighted by Crippen LogP contribution is 2.12. The Hall–Kier alpha value is -1.33. The molecule has 5 nitrogen and oxygen atoms in total. The summed E-state index contributed by atoms with van der Waals surface area (Å²) in [4.78, 5) is 4.32. The van der Waals surface area contributed by atoms with Crippen LogP contribution in [0.5, 0.6) is 0 Å². The second kappa shape index (κ2) is 5.33. The highest BCUT2D eigenvalue weighted by Gasteiger charge is 2.07. The first-order chi connectivity index (χ1) is 8.19. The molecule has 2 aromatic rings. The molecule has 0 amide bonds. The molecule has 1 atom stereocenters. The van der Waals surface area contributed by atoms with Crippen molar-refractivity contribution in [2.45, 2.75) is 25.8 Å². The first-order valence-electron chi connectivity index (χ1n) is 5.58. The van der Waals surface area contributed by atoms with Crippen LogP contribution in [0.3, 0.4) is 0 Å². The van der Waals surface area contributed by atoms with E-state index < -0.39 is 0 Å². The number of hydrogen-bond donors (Lipinski definition) is 2. The minimum absolute atomic E-state index is 0.209. The Morgan fingerprint density at radius 1 is 1.53 bits per heavy atom. The first kappa shape index (κ1) is 12.1. The minimum atomic E-state index is 0.209. The molecule has 0 saturated carbocycles. The van der Waals surface area contributed by atoms with Crippen molar-refractivity contribution in [3.63, 3.8) is 0 Å². The van der Waals surface area contributed by atoms with Gasteiger partial charge in [0.05, 0.1) is 5.02 Å². The molecule has 0 aliphatic heterocycles. The number of aliphatic hydroxyl groups is 1. The summed E-state index contributed by atoms with van der Waals surface area (Å²) in [5.74, 6) is 0.581. The Morgan fingerprint density at radius 2 is 2.35 bits per heavy atom. The van der Waals surface area contributed by atoms with Gasteiger partial charge in [-0.05, 0) is 31.9 Å². The highest BCUT2D eigenvalue weighted by atomic mass is 35.5. The maximum absolute atomic E-state index is 8.75. The third-order valence-corrected chi connectivity index (χ3v) is 2.69. The fourth-order valence-corrected chi connectivity index (χ4v) is 1.76. The van der Waals surface area contributed by atoms with Crippen molar-refractivity contribution in [2.24, 2.45) is 0 Å². The SMILES string of the molecule is CC(CCCO)Nc1nc2ccc(Cl)cn2n1. The third-order valence-electron chi connectivity index (χ3n) is 2.47. The maximum Gasteiger partial charge on any atom is 0.243 e. The standard InChI is InChI=1S/C11H15ClN4O/c1-8(3-2-6-17)13-11-14-10-5-4-9(12)7-16(10)15-11/h4-5,7-8,17H,2-3,6H2,1H3,(H,13,15). The third kappa shape index (κ3) is 3.08. The van der Waals surface area contributed by atoms with E-state index in [2.05, 4.69) is 15.4 Å². The summed E-state index contributed by atoms with van der Waals surface area (Å²) >= 11 is 5.87. The average Bonchev–Trinajstić information content (AvgIpc) is 2.67. The van der Waals surface area contributed by atoms with E-state index in [4.69, 9.17) is 16.7 Å². The summed E-state index contributed by atoms with van der Waals surface area (Å²) in [7, 11) is 0. The van der Waals surface area contributed by atoms with Crippen LogP contribution in [-0.4, -0.2) is 32.4 Å². The Morgan fingerprint density at radius 3 is 3.12 bits per heavy atom. The quantitative estimate of drug-likeness (QED) is 0.856. The van der Waals surface area contributed by atoms with E-state index in [1.165, 1.54) is 0 Å². The second-order valence-electron chi connectivity index (χ2n) is 4.00. The minimum Gasteiger partial charge on any atom is -0.396 e. The van der Waals surface area contributed by atoms with E-state index in [-0.39, 0.29) is 12.6 Å². The number of nitrogens with one attached hydrogen (secondary N) is 1. The lowest BCUT2D eigenvalue weighted by molar-refractivity contribution is 0.282. The molecule has 2 aromatic heterocycles. The van der Waals surface area contributed by atoms with Gasteiger partial charge in [0, 0.05) is 18.8 Å². The van der Waals surface area contributed by atoms with Gasteiger partial charge < -0.3 is 10.4 Å². The summed E-state index contributed by atoms with van der Waals surface area (Å²) in [6, 6.07) is 3.83. The molecule has 1 unspecified atom stereocenters. The molecule has 2 N–H and O–H groups in total. The van der Waals surface area contributed by atoms with Gasteiger partial charge in [0.2, 0.25) is 5.95 Å². The number of aromatic nitrogens is 3. The van der Waals surface area contributed by atoms with Crippen LogP contribution >= 0.6 is 11.6 Å². The van der Waals surface area contributed by atoms with Gasteiger partial charge in [-0.15, -0.1) is 5.10 Å². The second-order valence-corrected chi connectivity index (χ2v) is 4.43. The van der Waals surface area contributed by atoms with Gasteiger partial charge in [0.1, 0.15) is 0 Å². The molecule has 17 heavy (non-hydrogen) atoms. The molecule has 6 heteroatoms. The van der Waals surface area contributed by atoms with Crippen molar-refractivity contribution in [1.82, 2.24) is 14.6 Å². The number of rotatable bonds is 5. The number of fused-ring (bicyclic) bond motifs is 1. The van der Waals surface area contributed by atoms with Crippen molar-refractivity contribution in [1.29, 1.82) is 0 Å². The summed E-state index contributed by atoms with van der Waals surface area (Å²) in [5, 5.41) is 16.8. The van der Waals surface area contributed by atoms with Gasteiger partial charge in [-0.25, -0.2) is 4.52 Å². The van der Waals surface area contributed by atoms with Crippen LogP contribution in [0.25, 0.3) is 5.65 Å². The van der Waals surface area contributed by atoms with Crippen molar-refractivity contribution >= 4 is 23.2 Å². The molecule has 0 aliphatic carbocycles. The zero-order chi connectivity index (χ0) is 12.3. The van der Waals surface area contributed by atoms with E-state index in [0.29, 0.717) is 11.0 Å². The number of nitrogens with zero attached hydrogens (tertiary/aromatic N) is 3. The van der Waals surface area contributed by atoms with Gasteiger partial charge in [-0.3, -0.25) is 0 Å². The number of anilines is 1. The summed E-state index contributed by atoms with van der Waals surface area (Å²) in [6.45, 7) is 2.24. The average molecular weight is 255 g/mol. The molecule has 0 aliphatic rings. The Kier molecular flexibility index (Phi) is 3.81. The zero-order valence-electron chi connectivity index (χ0n) is 9.60. The van der Waals surface area contributed by atoms with Gasteiger partial charge in [-0.2, -0.15) is 4.98 Å². The molecular formula is C11H15ClN4O. The van der Waals surface area contributed by atoms with Crippen LogP contribution in [0.1, 0.15) is 19.8 Å². The van der Waals surface area contributed by atoms with Gasteiger partial charge in [0.15, 0.2) is 5.65 Å². The monoisotopic (exact) mass is 254 g/mol. The summed E-state index contributed by atoms with van der Waals surface area (Å²) in [5.41, 5.74) is 0.756. The van der Waals surface area contributed by atoms with E-state index in [1.807, 2.05) is 13.0 Å². The lowest BCUT2D eigenvalue weighted by atomic mass is 10.2. The van der Waals surface area contributed by atoms with Gasteiger partial charge in [0.25, 0.3) is 0 Å². The van der Waals surface area contributed by atoms with Crippen molar-refractivity contribution in [3.05, 3.63) is 23.4 Å². The van der Waals surface area contributed by atoms with Gasteiger partial charge >= 0.3 is 0 Å². The maximum atomic E-state index is 8.75. The molecule has 0 saturated heterocycles. The first-order valence-corrected chi connectivity index (χ1v) is 5.96. The summed E-state index contributed by atoms with van der Waals surface area (Å²) in [6.07, 6.45) is 3.37. The summed E-state index contributed by atoms with van der Waals surface area (Å²) < 4.78 is 1.64. The normalized spacial score (nSPS) is 12.9. The predicted octanol–water partition coefficient (Wildman–Crippen LogP) is 1.96. The van der Waals surface area contributed by atoms with Crippen molar-refractivity contribution < 1.29 is 5.11 Å². The largest absolute Gasteiger partial charge is 0.396 e. The number of pyridine rings is 1. The van der Waals surface area contributed by atoms with Crippen molar-refractivity contribution in [2.75, 3.05) is 11.9 Å². The Labute approximate surface area is 104 Å². The molecule has 0 radical (unpaired) electrons. The van der Waals surface area contributed by atoms with Crippen LogP contribution in [0.15, 0.2) is 18.3 Å². The van der Waals surface area contributed by atoms with Crippen LogP contribution in [0.4, 0.5) is 5.95 Å². The van der Waals surface area contributed by atoms with Gasteiger partial charge in [-0.1, -0.05) is 11.6 Å². The number of aliphatic hydroxyl groups excluding tert-OH is 1. The van der Waals surface area contributed by atoms with Crippen molar-refractivity contribution in [3.8, 4) is 0 Å². The molecule has 0 fully saturated rings. The van der Waals surface area contributed by atoms with E-state index in [0.717, 1.165) is 18.5 Å². The molecule has 0 aromatic carbocycles. The lowest BCUT2D eigenvalue weighted by Gasteiger charge is -2.10. The van der Waals surface area contributed by atoms with E-state index in [9.17, 15) is 0 Å². The molecule has 0 spiro atoms. The molecule has 92 valence electrons. The zero-order valence-corrected chi connectivity index (χ0v) is 10.4. The lowest BCUT2D eigenvalue weighted by Crippen LogP contribution is -2.16. The smallest absolute Gasteiger partial charge is 0.243 e. The van der Waals surface area contributed by atoms with E-state index >= 15 is 0 Å². The molecular weight excluding hydrogens is 240 g/mol. The Balaban J connectivity index is 2.08. The topological polar surface area (TPSA) is 62.5 Å². The van der Waals surface area contributed by atoms with E-state index in [1.54, 1.807) is 16.8 Å². The fourth-order valence-electron chi connectivity index (χ4n) is 1.61. The van der Waals surface area contributed by atoms with Crippen LogP contribution in [0, 0.1) is 0 Å². The van der Waals surface area contributed by atoms with Crippen LogP contribution in [0.2, 0.25) is 5.02 Å². The Bertz CT molecular complexity index is 499. The van der Waals surface area contributed by atoms with Crippen LogP contribution in [-0.2, 0) is 0 Å². The predicted molar refractivity (Wildman–Crippen MR) is 67.4 cm³/mol. The molecule has 2 rings (SSSR count). The highest BCUT2D eigenvalue weighted by molar-refractivity contribution is 6.30.